The third-order valence-corrected chi connectivity index (χ3v) is 3.94. The van der Waals surface area contributed by atoms with Crippen LogP contribution in [0.2, 0.25) is 5.02 Å². The number of carbonyl (C=O) groups excluding carboxylic acids is 1. The van der Waals surface area contributed by atoms with Crippen molar-refractivity contribution in [2.45, 2.75) is 6.42 Å². The van der Waals surface area contributed by atoms with Crippen LogP contribution < -0.4 is 5.43 Å². The summed E-state index contributed by atoms with van der Waals surface area (Å²) < 4.78 is 13.6. The van der Waals surface area contributed by atoms with E-state index in [0.717, 1.165) is 16.3 Å². The third kappa shape index (κ3) is 3.60. The fourth-order valence-electron chi connectivity index (χ4n) is 2.46. The van der Waals surface area contributed by atoms with Crippen molar-refractivity contribution in [2.24, 2.45) is 5.10 Å². The predicted octanol–water partition coefficient (Wildman–Crippen LogP) is 4.33. The number of nitrogens with zero attached hydrogens (tertiary/aromatic N) is 1. The first-order valence-corrected chi connectivity index (χ1v) is 7.75. The van der Waals surface area contributed by atoms with E-state index >= 15 is 0 Å². The quantitative estimate of drug-likeness (QED) is 0.557. The number of halogens is 2. The minimum absolute atomic E-state index is 0.143. The van der Waals surface area contributed by atoms with Crippen LogP contribution in [0.1, 0.15) is 11.1 Å². The highest BCUT2D eigenvalue weighted by molar-refractivity contribution is 6.33. The second kappa shape index (κ2) is 7.23. The number of hydrazone groups is 1. The first kappa shape index (κ1) is 16.1. The third-order valence-electron chi connectivity index (χ3n) is 3.61. The van der Waals surface area contributed by atoms with Crippen LogP contribution in [0.15, 0.2) is 65.8 Å². The molecule has 5 heteroatoms. The molecule has 0 spiro atoms. The van der Waals surface area contributed by atoms with Gasteiger partial charge in [-0.3, -0.25) is 4.79 Å². The fourth-order valence-corrected chi connectivity index (χ4v) is 2.67. The summed E-state index contributed by atoms with van der Waals surface area (Å²) in [4.78, 5) is 12.1. The molecule has 0 unspecified atom stereocenters. The molecule has 0 atom stereocenters. The Balaban J connectivity index is 1.71. The maximum Gasteiger partial charge on any atom is 0.244 e. The molecule has 0 bridgehead atoms. The van der Waals surface area contributed by atoms with Crippen molar-refractivity contribution in [3.05, 3.63) is 82.6 Å². The van der Waals surface area contributed by atoms with Crippen molar-refractivity contribution in [3.8, 4) is 0 Å². The Kier molecular flexibility index (Phi) is 4.87. The Morgan fingerprint density at radius 3 is 2.67 bits per heavy atom. The van der Waals surface area contributed by atoms with Gasteiger partial charge in [0.1, 0.15) is 5.82 Å². The van der Waals surface area contributed by atoms with Crippen LogP contribution in [-0.2, 0) is 11.2 Å². The summed E-state index contributed by atoms with van der Waals surface area (Å²) in [7, 11) is 0. The molecule has 0 radical (unpaired) electrons. The molecule has 0 aromatic heterocycles. The van der Waals surface area contributed by atoms with Crippen LogP contribution >= 0.6 is 11.6 Å². The average molecular weight is 341 g/mol. The van der Waals surface area contributed by atoms with Gasteiger partial charge in [-0.1, -0.05) is 60.1 Å². The van der Waals surface area contributed by atoms with E-state index in [1.807, 2.05) is 42.5 Å². The first-order chi connectivity index (χ1) is 11.6. The molecule has 0 aliphatic heterocycles. The van der Waals surface area contributed by atoms with E-state index in [-0.39, 0.29) is 22.9 Å². The molecule has 3 nitrogen and oxygen atoms in total. The largest absolute Gasteiger partial charge is 0.273 e. The highest BCUT2D eigenvalue weighted by Gasteiger charge is 2.07. The Labute approximate surface area is 143 Å². The molecule has 0 saturated heterocycles. The van der Waals surface area contributed by atoms with Crippen molar-refractivity contribution in [3.63, 3.8) is 0 Å². The minimum Gasteiger partial charge on any atom is -0.273 e. The molecule has 24 heavy (non-hydrogen) atoms. The normalized spacial score (nSPS) is 11.1. The predicted molar refractivity (Wildman–Crippen MR) is 94.8 cm³/mol. The number of hydrogen-bond donors (Lipinski definition) is 1. The van der Waals surface area contributed by atoms with E-state index in [0.29, 0.717) is 0 Å². The van der Waals surface area contributed by atoms with Gasteiger partial charge in [-0.05, 0) is 28.5 Å². The molecule has 0 heterocycles. The van der Waals surface area contributed by atoms with Crippen LogP contribution in [-0.4, -0.2) is 12.1 Å². The molecule has 0 aliphatic rings. The van der Waals surface area contributed by atoms with E-state index in [4.69, 9.17) is 11.6 Å². The Morgan fingerprint density at radius 1 is 1.08 bits per heavy atom. The maximum atomic E-state index is 13.6. The van der Waals surface area contributed by atoms with Gasteiger partial charge in [0.15, 0.2) is 0 Å². The van der Waals surface area contributed by atoms with E-state index in [2.05, 4.69) is 10.5 Å². The number of benzene rings is 3. The lowest BCUT2D eigenvalue weighted by atomic mass is 10.0. The second-order valence-corrected chi connectivity index (χ2v) is 5.65. The van der Waals surface area contributed by atoms with Crippen LogP contribution in [0.3, 0.4) is 0 Å². The summed E-state index contributed by atoms with van der Waals surface area (Å²) in [6.07, 6.45) is 1.39. The number of rotatable bonds is 4. The molecular formula is C19H14ClFN2O. The topological polar surface area (TPSA) is 41.5 Å². The summed E-state index contributed by atoms with van der Waals surface area (Å²) >= 11 is 5.90. The molecule has 0 aliphatic carbocycles. The van der Waals surface area contributed by atoms with Crippen molar-refractivity contribution >= 4 is 34.5 Å². The Morgan fingerprint density at radius 2 is 1.83 bits per heavy atom. The van der Waals surface area contributed by atoms with Crippen LogP contribution in [0.4, 0.5) is 4.39 Å². The summed E-state index contributed by atoms with van der Waals surface area (Å²) in [5.41, 5.74) is 3.45. The van der Waals surface area contributed by atoms with E-state index in [1.165, 1.54) is 18.3 Å². The van der Waals surface area contributed by atoms with Crippen molar-refractivity contribution < 1.29 is 9.18 Å². The van der Waals surface area contributed by atoms with Crippen LogP contribution in [0, 0.1) is 5.82 Å². The molecule has 120 valence electrons. The highest BCUT2D eigenvalue weighted by atomic mass is 35.5. The number of amides is 1. The van der Waals surface area contributed by atoms with Gasteiger partial charge >= 0.3 is 0 Å². The number of carbonyl (C=O) groups is 1. The van der Waals surface area contributed by atoms with Gasteiger partial charge in [-0.15, -0.1) is 0 Å². The van der Waals surface area contributed by atoms with Crippen molar-refractivity contribution in [2.75, 3.05) is 0 Å². The zero-order valence-corrected chi connectivity index (χ0v) is 13.4. The number of hydrogen-bond acceptors (Lipinski definition) is 2. The van der Waals surface area contributed by atoms with Gasteiger partial charge in [0.2, 0.25) is 5.91 Å². The zero-order chi connectivity index (χ0) is 16.9. The standard InChI is InChI=1S/C19H14ClFN2O/c20-17-9-4-10-18(21)16(17)12-22-23-19(24)11-14-7-3-6-13-5-1-2-8-15(13)14/h1-10,12H,11H2,(H,23,24). The van der Waals surface area contributed by atoms with Gasteiger partial charge < -0.3 is 0 Å². The summed E-state index contributed by atoms with van der Waals surface area (Å²) in [5.74, 6) is -0.774. The number of fused-ring (bicyclic) bond motifs is 1. The maximum absolute atomic E-state index is 13.6. The Hall–Kier alpha value is -2.72. The smallest absolute Gasteiger partial charge is 0.244 e. The van der Waals surface area contributed by atoms with Crippen molar-refractivity contribution in [1.82, 2.24) is 5.43 Å². The molecule has 3 rings (SSSR count). The van der Waals surface area contributed by atoms with E-state index in [1.54, 1.807) is 6.07 Å². The van der Waals surface area contributed by atoms with Crippen molar-refractivity contribution in [1.29, 1.82) is 0 Å². The first-order valence-electron chi connectivity index (χ1n) is 7.38. The zero-order valence-electron chi connectivity index (χ0n) is 12.7. The highest BCUT2D eigenvalue weighted by Crippen LogP contribution is 2.19. The van der Waals surface area contributed by atoms with E-state index in [9.17, 15) is 9.18 Å². The average Bonchev–Trinajstić information content (AvgIpc) is 2.58. The molecule has 0 fully saturated rings. The SMILES string of the molecule is O=C(Cc1cccc2ccccc12)NN=Cc1c(F)cccc1Cl. The van der Waals surface area contributed by atoms with E-state index < -0.39 is 5.82 Å². The second-order valence-electron chi connectivity index (χ2n) is 5.24. The van der Waals surface area contributed by atoms with Gasteiger partial charge in [-0.25, -0.2) is 9.82 Å². The molecule has 0 saturated carbocycles. The molecule has 3 aromatic carbocycles. The monoisotopic (exact) mass is 340 g/mol. The fraction of sp³-hybridized carbons (Fsp3) is 0.0526. The number of nitrogens with one attached hydrogen (secondary N) is 1. The van der Waals surface area contributed by atoms with Crippen LogP contribution in [0.5, 0.6) is 0 Å². The van der Waals surface area contributed by atoms with Gasteiger partial charge in [0.25, 0.3) is 0 Å². The minimum atomic E-state index is -0.491. The summed E-state index contributed by atoms with van der Waals surface area (Å²) in [6.45, 7) is 0. The van der Waals surface area contributed by atoms with Gasteiger partial charge in [-0.2, -0.15) is 5.10 Å². The van der Waals surface area contributed by atoms with Gasteiger partial charge in [0.05, 0.1) is 17.7 Å². The lowest BCUT2D eigenvalue weighted by Crippen LogP contribution is -2.20. The summed E-state index contributed by atoms with van der Waals surface area (Å²) in [6, 6.07) is 18.0. The Bertz CT molecular complexity index is 899. The van der Waals surface area contributed by atoms with Gasteiger partial charge in [0, 0.05) is 5.56 Å². The molecule has 3 aromatic rings. The molecule has 1 N–H and O–H groups in total. The lowest BCUT2D eigenvalue weighted by molar-refractivity contribution is -0.120. The molecule has 1 amide bonds. The molecular weight excluding hydrogens is 327 g/mol. The van der Waals surface area contributed by atoms with Crippen LogP contribution in [0.25, 0.3) is 10.8 Å². The lowest BCUT2D eigenvalue weighted by Gasteiger charge is -2.05. The summed E-state index contributed by atoms with van der Waals surface area (Å²) in [5, 5.41) is 6.13.